The Bertz CT molecular complexity index is 413. The van der Waals surface area contributed by atoms with E-state index in [4.69, 9.17) is 4.99 Å². The van der Waals surface area contributed by atoms with Gasteiger partial charge in [0.05, 0.1) is 12.6 Å². The SMILES string of the molecule is CCNC(=NCC(c1cccs1)N1CCCC1)N(C)C.I. The van der Waals surface area contributed by atoms with Gasteiger partial charge in [-0.1, -0.05) is 6.07 Å². The van der Waals surface area contributed by atoms with E-state index in [0.29, 0.717) is 6.04 Å². The lowest BCUT2D eigenvalue weighted by Gasteiger charge is -2.26. The number of thiophene rings is 1. The molecule has 1 unspecified atom stereocenters. The summed E-state index contributed by atoms with van der Waals surface area (Å²) in [5.74, 6) is 0.980. The molecular formula is C15H27IN4S. The Morgan fingerprint density at radius 1 is 1.43 bits per heavy atom. The number of hydrogen-bond acceptors (Lipinski definition) is 3. The Kier molecular flexibility index (Phi) is 8.58. The minimum atomic E-state index is 0. The Balaban J connectivity index is 0.00000220. The molecule has 4 nitrogen and oxygen atoms in total. The second-order valence-corrected chi connectivity index (χ2v) is 6.34. The summed E-state index contributed by atoms with van der Waals surface area (Å²) in [7, 11) is 4.08. The standard InChI is InChI=1S/C15H26N4S.HI/c1-4-16-15(18(2)3)17-12-13(14-8-7-11-20-14)19-9-5-6-10-19;/h7-8,11,13H,4-6,9-10,12H2,1-3H3,(H,16,17);1H. The summed E-state index contributed by atoms with van der Waals surface area (Å²) < 4.78 is 0. The van der Waals surface area contributed by atoms with Crippen molar-refractivity contribution in [2.75, 3.05) is 40.3 Å². The van der Waals surface area contributed by atoms with Gasteiger partial charge in [0.1, 0.15) is 0 Å². The van der Waals surface area contributed by atoms with E-state index in [-0.39, 0.29) is 24.0 Å². The summed E-state index contributed by atoms with van der Waals surface area (Å²) in [5.41, 5.74) is 0. The van der Waals surface area contributed by atoms with E-state index in [1.165, 1.54) is 30.8 Å². The third-order valence-electron chi connectivity index (χ3n) is 3.63. The summed E-state index contributed by atoms with van der Waals surface area (Å²) >= 11 is 1.85. The minimum Gasteiger partial charge on any atom is -0.357 e. The van der Waals surface area contributed by atoms with Crippen molar-refractivity contribution >= 4 is 41.3 Å². The lowest BCUT2D eigenvalue weighted by Crippen LogP contribution is -2.37. The first-order chi connectivity index (χ1) is 9.72. The highest BCUT2D eigenvalue weighted by Crippen LogP contribution is 2.28. The number of nitrogens with zero attached hydrogens (tertiary/aromatic N) is 3. The van der Waals surface area contributed by atoms with E-state index in [0.717, 1.165) is 19.0 Å². The van der Waals surface area contributed by atoms with Crippen LogP contribution in [0.2, 0.25) is 0 Å². The molecule has 1 atom stereocenters. The van der Waals surface area contributed by atoms with Crippen LogP contribution in [-0.4, -0.2) is 56.0 Å². The highest BCUT2D eigenvalue weighted by molar-refractivity contribution is 14.0. The van der Waals surface area contributed by atoms with Crippen molar-refractivity contribution < 1.29 is 0 Å². The first-order valence-electron chi connectivity index (χ1n) is 7.45. The number of likely N-dealkylation sites (tertiary alicyclic amines) is 1. The van der Waals surface area contributed by atoms with Crippen molar-refractivity contribution in [3.05, 3.63) is 22.4 Å². The lowest BCUT2D eigenvalue weighted by atomic mass is 10.2. The van der Waals surface area contributed by atoms with Crippen molar-refractivity contribution in [1.29, 1.82) is 0 Å². The van der Waals surface area contributed by atoms with Crippen LogP contribution in [0.4, 0.5) is 0 Å². The molecule has 2 rings (SSSR count). The summed E-state index contributed by atoms with van der Waals surface area (Å²) in [5, 5.41) is 5.50. The average Bonchev–Trinajstić information content (AvgIpc) is 3.11. The third-order valence-corrected chi connectivity index (χ3v) is 4.60. The van der Waals surface area contributed by atoms with Gasteiger partial charge in [-0.2, -0.15) is 0 Å². The fraction of sp³-hybridized carbons (Fsp3) is 0.667. The molecule has 0 spiro atoms. The largest absolute Gasteiger partial charge is 0.357 e. The van der Waals surface area contributed by atoms with Crippen LogP contribution in [0.25, 0.3) is 0 Å². The topological polar surface area (TPSA) is 30.9 Å². The van der Waals surface area contributed by atoms with E-state index in [2.05, 4.69) is 39.6 Å². The van der Waals surface area contributed by atoms with Gasteiger partial charge in [-0.25, -0.2) is 0 Å². The predicted molar refractivity (Wildman–Crippen MR) is 103 cm³/mol. The molecule has 0 radical (unpaired) electrons. The van der Waals surface area contributed by atoms with E-state index in [1.54, 1.807) is 0 Å². The molecule has 1 aliphatic rings. The van der Waals surface area contributed by atoms with E-state index in [1.807, 2.05) is 25.4 Å². The van der Waals surface area contributed by atoms with Gasteiger partial charge in [0.15, 0.2) is 5.96 Å². The first kappa shape index (κ1) is 18.7. The predicted octanol–water partition coefficient (Wildman–Crippen LogP) is 3.03. The quantitative estimate of drug-likeness (QED) is 0.450. The fourth-order valence-electron chi connectivity index (χ4n) is 2.61. The average molecular weight is 422 g/mol. The van der Waals surface area contributed by atoms with Crippen LogP contribution < -0.4 is 5.32 Å². The lowest BCUT2D eigenvalue weighted by molar-refractivity contribution is 0.254. The maximum Gasteiger partial charge on any atom is 0.193 e. The maximum absolute atomic E-state index is 4.81. The zero-order chi connectivity index (χ0) is 14.4. The molecule has 2 heterocycles. The van der Waals surface area contributed by atoms with E-state index < -0.39 is 0 Å². The van der Waals surface area contributed by atoms with Crippen LogP contribution in [0.5, 0.6) is 0 Å². The van der Waals surface area contributed by atoms with Gasteiger partial charge < -0.3 is 10.2 Å². The molecule has 21 heavy (non-hydrogen) atoms. The van der Waals surface area contributed by atoms with Gasteiger partial charge in [-0.15, -0.1) is 35.3 Å². The highest BCUT2D eigenvalue weighted by atomic mass is 127. The summed E-state index contributed by atoms with van der Waals surface area (Å²) in [6.45, 7) is 6.26. The number of halogens is 1. The molecular weight excluding hydrogens is 395 g/mol. The summed E-state index contributed by atoms with van der Waals surface area (Å²) in [4.78, 5) is 10.9. The van der Waals surface area contributed by atoms with Crippen LogP contribution in [0.3, 0.4) is 0 Å². The van der Waals surface area contributed by atoms with Crippen molar-refractivity contribution in [3.63, 3.8) is 0 Å². The minimum absolute atomic E-state index is 0. The number of nitrogens with one attached hydrogen (secondary N) is 1. The third kappa shape index (κ3) is 5.41. The Labute approximate surface area is 149 Å². The van der Waals surface area contributed by atoms with E-state index >= 15 is 0 Å². The summed E-state index contributed by atoms with van der Waals surface area (Å²) in [6, 6.07) is 4.82. The molecule has 1 saturated heterocycles. The Morgan fingerprint density at radius 3 is 2.67 bits per heavy atom. The second kappa shape index (κ2) is 9.63. The highest BCUT2D eigenvalue weighted by Gasteiger charge is 2.24. The molecule has 6 heteroatoms. The van der Waals surface area contributed by atoms with Crippen molar-refractivity contribution in [1.82, 2.24) is 15.1 Å². The zero-order valence-electron chi connectivity index (χ0n) is 13.2. The molecule has 0 aromatic carbocycles. The first-order valence-corrected chi connectivity index (χ1v) is 8.33. The molecule has 0 aliphatic carbocycles. The number of hydrogen-bond donors (Lipinski definition) is 1. The van der Waals surface area contributed by atoms with Crippen molar-refractivity contribution in [2.24, 2.45) is 4.99 Å². The van der Waals surface area contributed by atoms with Crippen LogP contribution in [0.15, 0.2) is 22.5 Å². The molecule has 0 bridgehead atoms. The molecule has 120 valence electrons. The van der Waals surface area contributed by atoms with Crippen molar-refractivity contribution in [3.8, 4) is 0 Å². The van der Waals surface area contributed by atoms with Gasteiger partial charge >= 0.3 is 0 Å². The molecule has 0 saturated carbocycles. The molecule has 1 aliphatic heterocycles. The van der Waals surface area contributed by atoms with Gasteiger partial charge in [-0.3, -0.25) is 9.89 Å². The number of guanidine groups is 1. The molecule has 0 amide bonds. The smallest absolute Gasteiger partial charge is 0.193 e. The monoisotopic (exact) mass is 422 g/mol. The van der Waals surface area contributed by atoms with Gasteiger partial charge in [0.2, 0.25) is 0 Å². The molecule has 1 aromatic rings. The summed E-state index contributed by atoms with van der Waals surface area (Å²) in [6.07, 6.45) is 2.64. The van der Waals surface area contributed by atoms with Gasteiger partial charge in [0.25, 0.3) is 0 Å². The van der Waals surface area contributed by atoms with Crippen LogP contribution in [-0.2, 0) is 0 Å². The molecule has 1 N–H and O–H groups in total. The van der Waals surface area contributed by atoms with E-state index in [9.17, 15) is 0 Å². The Hall–Kier alpha value is -0.340. The normalized spacial score (nSPS) is 17.4. The van der Waals surface area contributed by atoms with Crippen LogP contribution >= 0.6 is 35.3 Å². The fourth-order valence-corrected chi connectivity index (χ4v) is 3.46. The number of aliphatic imine (C=N–C) groups is 1. The van der Waals surface area contributed by atoms with Crippen molar-refractivity contribution in [2.45, 2.75) is 25.8 Å². The van der Waals surface area contributed by atoms with Crippen LogP contribution in [0, 0.1) is 0 Å². The Morgan fingerprint density at radius 2 is 2.14 bits per heavy atom. The van der Waals surface area contributed by atoms with Gasteiger partial charge in [-0.05, 0) is 44.3 Å². The van der Waals surface area contributed by atoms with Crippen LogP contribution in [0.1, 0.15) is 30.7 Å². The second-order valence-electron chi connectivity index (χ2n) is 5.36. The zero-order valence-corrected chi connectivity index (χ0v) is 16.4. The van der Waals surface area contributed by atoms with Gasteiger partial charge in [0, 0.05) is 25.5 Å². The maximum atomic E-state index is 4.81. The molecule has 1 fully saturated rings. The molecule has 1 aromatic heterocycles. The number of rotatable bonds is 5.